The van der Waals surface area contributed by atoms with Crippen LogP contribution in [0.3, 0.4) is 0 Å². The quantitative estimate of drug-likeness (QED) is 0.922. The number of carbonyl (C=O) groups is 1. The molecule has 0 aromatic carbocycles. The van der Waals surface area contributed by atoms with E-state index in [1.165, 1.54) is 0 Å². The zero-order valence-electron chi connectivity index (χ0n) is 15.2. The van der Waals surface area contributed by atoms with E-state index in [1.54, 1.807) is 0 Å². The fourth-order valence-corrected chi connectivity index (χ4v) is 3.13. The summed E-state index contributed by atoms with van der Waals surface area (Å²) in [4.78, 5) is 16.3. The predicted octanol–water partition coefficient (Wildman–Crippen LogP) is 2.00. The first-order chi connectivity index (χ1) is 11.9. The second-order valence-corrected chi connectivity index (χ2v) is 6.72. The summed E-state index contributed by atoms with van der Waals surface area (Å²) < 4.78 is 1.83. The SMILES string of the molecule is Cc1cc(NC(=O)N2CCC(c3ccn(C)n3)CC2)c(N(C)C)nn1. The van der Waals surface area contributed by atoms with Crippen molar-refractivity contribution in [1.82, 2.24) is 24.9 Å². The number of likely N-dealkylation sites (tertiary alicyclic amines) is 1. The molecular weight excluding hydrogens is 318 g/mol. The van der Waals surface area contributed by atoms with E-state index >= 15 is 0 Å². The molecule has 2 aromatic rings. The van der Waals surface area contributed by atoms with E-state index in [4.69, 9.17) is 0 Å². The first-order valence-corrected chi connectivity index (χ1v) is 8.51. The molecule has 1 aliphatic heterocycles. The first-order valence-electron chi connectivity index (χ1n) is 8.51. The maximum Gasteiger partial charge on any atom is 0.321 e. The topological polar surface area (TPSA) is 79.2 Å². The molecule has 0 unspecified atom stereocenters. The zero-order valence-corrected chi connectivity index (χ0v) is 15.2. The molecule has 0 spiro atoms. The summed E-state index contributed by atoms with van der Waals surface area (Å²) in [6.45, 7) is 3.31. The average molecular weight is 343 g/mol. The van der Waals surface area contributed by atoms with Crippen LogP contribution in [0.4, 0.5) is 16.3 Å². The van der Waals surface area contributed by atoms with Crippen molar-refractivity contribution in [1.29, 1.82) is 0 Å². The van der Waals surface area contributed by atoms with E-state index in [0.29, 0.717) is 17.4 Å². The number of urea groups is 1. The van der Waals surface area contributed by atoms with E-state index in [-0.39, 0.29) is 6.03 Å². The van der Waals surface area contributed by atoms with Gasteiger partial charge in [0.1, 0.15) is 0 Å². The third kappa shape index (κ3) is 3.89. The summed E-state index contributed by atoms with van der Waals surface area (Å²) in [6.07, 6.45) is 3.83. The standard InChI is InChI=1S/C17H25N7O/c1-12-11-15(16(20-19-12)22(2)3)18-17(25)24-9-5-13(6-10-24)14-7-8-23(4)21-14/h7-8,11,13H,5-6,9-10H2,1-4H3,(H,18,19,25). The van der Waals surface area contributed by atoms with E-state index < -0.39 is 0 Å². The Kier molecular flexibility index (Phi) is 4.87. The minimum absolute atomic E-state index is 0.0880. The number of rotatable bonds is 3. The van der Waals surface area contributed by atoms with E-state index in [2.05, 4.69) is 26.7 Å². The second kappa shape index (κ2) is 7.08. The van der Waals surface area contributed by atoms with E-state index in [1.807, 2.05) is 54.8 Å². The molecule has 2 amide bonds. The molecule has 0 radical (unpaired) electrons. The minimum atomic E-state index is -0.0880. The fourth-order valence-electron chi connectivity index (χ4n) is 3.13. The fraction of sp³-hybridized carbons (Fsp3) is 0.529. The van der Waals surface area contributed by atoms with Crippen LogP contribution in [-0.4, -0.2) is 58.1 Å². The molecule has 3 rings (SSSR count). The molecule has 2 aromatic heterocycles. The Balaban J connectivity index is 1.63. The molecule has 0 atom stereocenters. The highest BCUT2D eigenvalue weighted by Crippen LogP contribution is 2.27. The van der Waals surface area contributed by atoms with Gasteiger partial charge in [0.05, 0.1) is 17.1 Å². The van der Waals surface area contributed by atoms with Crippen LogP contribution >= 0.6 is 0 Å². The molecule has 0 bridgehead atoms. The molecule has 25 heavy (non-hydrogen) atoms. The number of carbonyl (C=O) groups excluding carboxylic acids is 1. The maximum absolute atomic E-state index is 12.6. The van der Waals surface area contributed by atoms with Gasteiger partial charge in [-0.2, -0.15) is 10.2 Å². The third-order valence-electron chi connectivity index (χ3n) is 4.50. The van der Waals surface area contributed by atoms with Crippen molar-refractivity contribution in [2.24, 2.45) is 7.05 Å². The lowest BCUT2D eigenvalue weighted by molar-refractivity contribution is 0.194. The molecule has 1 N–H and O–H groups in total. The Labute approximate surface area is 147 Å². The normalized spacial score (nSPS) is 15.3. The molecule has 1 saturated heterocycles. The van der Waals surface area contributed by atoms with Gasteiger partial charge in [-0.3, -0.25) is 4.68 Å². The average Bonchev–Trinajstić information content (AvgIpc) is 3.01. The molecule has 0 aliphatic carbocycles. The lowest BCUT2D eigenvalue weighted by Gasteiger charge is -2.31. The molecule has 1 fully saturated rings. The van der Waals surface area contributed by atoms with Crippen LogP contribution in [0.5, 0.6) is 0 Å². The van der Waals surface area contributed by atoms with Gasteiger partial charge in [0.15, 0.2) is 5.82 Å². The summed E-state index contributed by atoms with van der Waals surface area (Å²) in [6, 6.07) is 3.82. The summed E-state index contributed by atoms with van der Waals surface area (Å²) in [5.74, 6) is 1.08. The number of hydrogen-bond acceptors (Lipinski definition) is 5. The number of aromatic nitrogens is 4. The molecule has 3 heterocycles. The first kappa shape index (κ1) is 17.2. The minimum Gasteiger partial charge on any atom is -0.360 e. The number of aryl methyl sites for hydroxylation is 2. The van der Waals surface area contributed by atoms with E-state index in [9.17, 15) is 4.79 Å². The molecule has 0 saturated carbocycles. The van der Waals surface area contributed by atoms with Crippen molar-refractivity contribution in [2.45, 2.75) is 25.7 Å². The van der Waals surface area contributed by atoms with Crippen LogP contribution in [0.25, 0.3) is 0 Å². The van der Waals surface area contributed by atoms with Crippen molar-refractivity contribution in [3.8, 4) is 0 Å². The Bertz CT molecular complexity index is 747. The Morgan fingerprint density at radius 3 is 2.60 bits per heavy atom. The number of nitrogens with one attached hydrogen (secondary N) is 1. The third-order valence-corrected chi connectivity index (χ3v) is 4.50. The number of nitrogens with zero attached hydrogens (tertiary/aromatic N) is 6. The van der Waals surface area contributed by atoms with Crippen molar-refractivity contribution in [3.05, 3.63) is 29.7 Å². The predicted molar refractivity (Wildman–Crippen MR) is 96.9 cm³/mol. The van der Waals surface area contributed by atoms with Crippen molar-refractivity contribution < 1.29 is 4.79 Å². The van der Waals surface area contributed by atoms with Gasteiger partial charge in [-0.25, -0.2) is 4.79 Å². The zero-order chi connectivity index (χ0) is 18.0. The van der Waals surface area contributed by atoms with Gasteiger partial charge in [-0.05, 0) is 31.9 Å². The smallest absolute Gasteiger partial charge is 0.321 e. The van der Waals surface area contributed by atoms with Crippen LogP contribution in [0.2, 0.25) is 0 Å². The molecule has 8 heteroatoms. The van der Waals surface area contributed by atoms with Crippen LogP contribution in [0.1, 0.15) is 30.1 Å². The van der Waals surface area contributed by atoms with Gasteiger partial charge < -0.3 is 15.1 Å². The number of hydrogen-bond donors (Lipinski definition) is 1. The number of amides is 2. The van der Waals surface area contributed by atoms with Crippen molar-refractivity contribution in [3.63, 3.8) is 0 Å². The van der Waals surface area contributed by atoms with Gasteiger partial charge in [0.2, 0.25) is 0 Å². The molecule has 134 valence electrons. The van der Waals surface area contributed by atoms with Gasteiger partial charge in [0, 0.05) is 46.3 Å². The summed E-state index contributed by atoms with van der Waals surface area (Å²) >= 11 is 0. The lowest BCUT2D eigenvalue weighted by atomic mass is 9.94. The molecular formula is C17H25N7O. The lowest BCUT2D eigenvalue weighted by Crippen LogP contribution is -2.40. The molecule has 1 aliphatic rings. The Morgan fingerprint density at radius 1 is 1.28 bits per heavy atom. The Morgan fingerprint density at radius 2 is 2.00 bits per heavy atom. The van der Waals surface area contributed by atoms with Crippen LogP contribution in [0, 0.1) is 6.92 Å². The Hall–Kier alpha value is -2.64. The van der Waals surface area contributed by atoms with Gasteiger partial charge in [0.25, 0.3) is 0 Å². The van der Waals surface area contributed by atoms with Gasteiger partial charge >= 0.3 is 6.03 Å². The monoisotopic (exact) mass is 343 g/mol. The number of piperidine rings is 1. The van der Waals surface area contributed by atoms with E-state index in [0.717, 1.165) is 37.3 Å². The second-order valence-electron chi connectivity index (χ2n) is 6.72. The largest absolute Gasteiger partial charge is 0.360 e. The van der Waals surface area contributed by atoms with Gasteiger partial charge in [-0.15, -0.1) is 5.10 Å². The number of anilines is 2. The highest BCUT2D eigenvalue weighted by molar-refractivity contribution is 5.92. The van der Waals surface area contributed by atoms with Crippen molar-refractivity contribution in [2.75, 3.05) is 37.4 Å². The highest BCUT2D eigenvalue weighted by Gasteiger charge is 2.25. The van der Waals surface area contributed by atoms with Crippen LogP contribution in [-0.2, 0) is 7.05 Å². The van der Waals surface area contributed by atoms with Crippen LogP contribution < -0.4 is 10.2 Å². The van der Waals surface area contributed by atoms with Crippen LogP contribution in [0.15, 0.2) is 18.3 Å². The molecule has 8 nitrogen and oxygen atoms in total. The van der Waals surface area contributed by atoms with Gasteiger partial charge in [-0.1, -0.05) is 0 Å². The summed E-state index contributed by atoms with van der Waals surface area (Å²) in [5.41, 5.74) is 2.58. The highest BCUT2D eigenvalue weighted by atomic mass is 16.2. The summed E-state index contributed by atoms with van der Waals surface area (Å²) in [5, 5.41) is 15.7. The maximum atomic E-state index is 12.6. The summed E-state index contributed by atoms with van der Waals surface area (Å²) in [7, 11) is 5.69. The van der Waals surface area contributed by atoms with Crippen molar-refractivity contribution >= 4 is 17.5 Å².